The van der Waals surface area contributed by atoms with Crippen LogP contribution in [0.1, 0.15) is 31.9 Å². The van der Waals surface area contributed by atoms with Gasteiger partial charge in [-0.15, -0.1) is 0 Å². The summed E-state index contributed by atoms with van der Waals surface area (Å²) >= 11 is 5.01. The Hall–Kier alpha value is -2.34. The molecule has 0 bridgehead atoms. The number of aromatic hydroxyl groups is 1. The number of phenols is 1. The number of ether oxygens (including phenoxy) is 2. The number of rotatable bonds is 2. The molecule has 0 saturated carbocycles. The standard InChI is InChI=1S/C17H17NO4S/c1-4-18-15(20)13(21-16(18)23)9-10-5-6-12-11(14(10)19)7-8-17(2,3)22-12/h5-9,19H,4H2,1-3H3. The van der Waals surface area contributed by atoms with Gasteiger partial charge in [-0.3, -0.25) is 9.69 Å². The fourth-order valence-corrected chi connectivity index (χ4v) is 2.79. The molecule has 1 aromatic rings. The zero-order valence-corrected chi connectivity index (χ0v) is 13.9. The number of benzene rings is 1. The van der Waals surface area contributed by atoms with E-state index in [1.54, 1.807) is 12.1 Å². The Bertz CT molecular complexity index is 764. The number of likely N-dealkylation sites (N-methyl/N-ethyl adjacent to an activating group) is 1. The number of hydrogen-bond acceptors (Lipinski definition) is 5. The molecule has 5 nitrogen and oxygen atoms in total. The molecular weight excluding hydrogens is 314 g/mol. The highest BCUT2D eigenvalue weighted by molar-refractivity contribution is 7.80. The van der Waals surface area contributed by atoms with E-state index in [1.807, 2.05) is 32.9 Å². The quantitative estimate of drug-likeness (QED) is 0.667. The summed E-state index contributed by atoms with van der Waals surface area (Å²) in [5.74, 6) is 0.441. The van der Waals surface area contributed by atoms with Gasteiger partial charge < -0.3 is 14.6 Å². The molecule has 1 saturated heterocycles. The highest BCUT2D eigenvalue weighted by Crippen LogP contribution is 2.39. The normalized spacial score (nSPS) is 20.5. The molecule has 0 spiro atoms. The molecule has 0 unspecified atom stereocenters. The van der Waals surface area contributed by atoms with E-state index in [0.29, 0.717) is 23.4 Å². The predicted molar refractivity (Wildman–Crippen MR) is 90.9 cm³/mol. The minimum Gasteiger partial charge on any atom is -0.507 e. The van der Waals surface area contributed by atoms with Crippen molar-refractivity contribution in [1.82, 2.24) is 4.90 Å². The minimum atomic E-state index is -0.419. The van der Waals surface area contributed by atoms with Crippen LogP contribution < -0.4 is 4.74 Å². The van der Waals surface area contributed by atoms with Crippen molar-refractivity contribution in [2.45, 2.75) is 26.4 Å². The van der Waals surface area contributed by atoms with Crippen LogP contribution in [-0.4, -0.2) is 33.2 Å². The van der Waals surface area contributed by atoms with Gasteiger partial charge in [0.25, 0.3) is 11.1 Å². The molecule has 1 amide bonds. The van der Waals surface area contributed by atoms with Gasteiger partial charge in [0.15, 0.2) is 5.76 Å². The van der Waals surface area contributed by atoms with Crippen LogP contribution in [0.5, 0.6) is 11.5 Å². The van der Waals surface area contributed by atoms with E-state index < -0.39 is 5.60 Å². The van der Waals surface area contributed by atoms with Crippen molar-refractivity contribution in [2.24, 2.45) is 0 Å². The third-order valence-electron chi connectivity index (χ3n) is 3.71. The maximum absolute atomic E-state index is 12.2. The fraction of sp³-hybridized carbons (Fsp3) is 0.294. The van der Waals surface area contributed by atoms with Gasteiger partial charge in [-0.1, -0.05) is 0 Å². The van der Waals surface area contributed by atoms with Crippen LogP contribution in [0.3, 0.4) is 0 Å². The summed E-state index contributed by atoms with van der Waals surface area (Å²) in [6.07, 6.45) is 5.18. The molecule has 6 heteroatoms. The van der Waals surface area contributed by atoms with Gasteiger partial charge >= 0.3 is 0 Å². The van der Waals surface area contributed by atoms with Crippen LogP contribution in [0.15, 0.2) is 24.0 Å². The Kier molecular flexibility index (Phi) is 3.64. The lowest BCUT2D eigenvalue weighted by Gasteiger charge is -2.28. The molecule has 2 heterocycles. The Balaban J connectivity index is 1.99. The van der Waals surface area contributed by atoms with Crippen LogP contribution in [0.25, 0.3) is 12.2 Å². The molecule has 0 radical (unpaired) electrons. The molecule has 120 valence electrons. The lowest BCUT2D eigenvalue weighted by molar-refractivity contribution is -0.122. The third-order valence-corrected chi connectivity index (χ3v) is 4.01. The predicted octanol–water partition coefficient (Wildman–Crippen LogP) is 3.08. The number of carbonyl (C=O) groups excluding carboxylic acids is 1. The molecular formula is C17H17NO4S. The second kappa shape index (κ2) is 5.38. The first-order chi connectivity index (χ1) is 10.8. The van der Waals surface area contributed by atoms with E-state index in [-0.39, 0.29) is 22.6 Å². The molecule has 0 atom stereocenters. The first kappa shape index (κ1) is 15.6. The molecule has 3 rings (SSSR count). The number of hydrogen-bond donors (Lipinski definition) is 1. The number of amides is 1. The van der Waals surface area contributed by atoms with Crippen molar-refractivity contribution >= 4 is 35.5 Å². The first-order valence-electron chi connectivity index (χ1n) is 7.32. The van der Waals surface area contributed by atoms with Gasteiger partial charge in [0, 0.05) is 12.1 Å². The minimum absolute atomic E-state index is 0.0408. The van der Waals surface area contributed by atoms with E-state index in [2.05, 4.69) is 0 Å². The van der Waals surface area contributed by atoms with Crippen LogP contribution in [0, 0.1) is 0 Å². The van der Waals surface area contributed by atoms with Crippen molar-refractivity contribution in [3.63, 3.8) is 0 Å². The topological polar surface area (TPSA) is 59.0 Å². The van der Waals surface area contributed by atoms with E-state index in [9.17, 15) is 9.90 Å². The molecule has 23 heavy (non-hydrogen) atoms. The number of carbonyl (C=O) groups is 1. The summed E-state index contributed by atoms with van der Waals surface area (Å²) in [4.78, 5) is 13.5. The molecule has 2 aliphatic rings. The van der Waals surface area contributed by atoms with Crippen molar-refractivity contribution in [1.29, 1.82) is 0 Å². The first-order valence-corrected chi connectivity index (χ1v) is 7.73. The second-order valence-electron chi connectivity index (χ2n) is 5.88. The molecule has 0 aromatic heterocycles. The van der Waals surface area contributed by atoms with Crippen molar-refractivity contribution in [3.05, 3.63) is 35.1 Å². The van der Waals surface area contributed by atoms with Crippen LogP contribution in [-0.2, 0) is 9.53 Å². The van der Waals surface area contributed by atoms with Gasteiger partial charge in [-0.2, -0.15) is 0 Å². The van der Waals surface area contributed by atoms with Crippen LogP contribution >= 0.6 is 12.2 Å². The molecule has 0 aliphatic carbocycles. The number of thiocarbonyl (C=S) groups is 1. The summed E-state index contributed by atoms with van der Waals surface area (Å²) in [7, 11) is 0. The van der Waals surface area contributed by atoms with Crippen molar-refractivity contribution < 1.29 is 19.4 Å². The molecule has 1 fully saturated rings. The average Bonchev–Trinajstić information content (AvgIpc) is 2.75. The fourth-order valence-electron chi connectivity index (χ4n) is 2.49. The van der Waals surface area contributed by atoms with E-state index >= 15 is 0 Å². The summed E-state index contributed by atoms with van der Waals surface area (Å²) < 4.78 is 11.1. The summed E-state index contributed by atoms with van der Waals surface area (Å²) in [6.45, 7) is 6.13. The van der Waals surface area contributed by atoms with Crippen LogP contribution in [0.2, 0.25) is 0 Å². The zero-order valence-electron chi connectivity index (χ0n) is 13.1. The monoisotopic (exact) mass is 331 g/mol. The maximum Gasteiger partial charge on any atom is 0.297 e. The smallest absolute Gasteiger partial charge is 0.297 e. The Labute approximate surface area is 139 Å². The van der Waals surface area contributed by atoms with Gasteiger partial charge in [0.05, 0.1) is 5.56 Å². The van der Waals surface area contributed by atoms with E-state index in [1.165, 1.54) is 11.0 Å². The van der Waals surface area contributed by atoms with Gasteiger partial charge in [-0.25, -0.2) is 0 Å². The van der Waals surface area contributed by atoms with Crippen LogP contribution in [0.4, 0.5) is 0 Å². The Morgan fingerprint density at radius 3 is 2.78 bits per heavy atom. The largest absolute Gasteiger partial charge is 0.507 e. The Morgan fingerprint density at radius 2 is 2.13 bits per heavy atom. The van der Waals surface area contributed by atoms with E-state index in [4.69, 9.17) is 21.7 Å². The lowest BCUT2D eigenvalue weighted by Crippen LogP contribution is -2.27. The average molecular weight is 331 g/mol. The third kappa shape index (κ3) is 2.70. The van der Waals surface area contributed by atoms with Crippen molar-refractivity contribution in [3.8, 4) is 11.5 Å². The highest BCUT2D eigenvalue weighted by Gasteiger charge is 2.32. The van der Waals surface area contributed by atoms with Crippen molar-refractivity contribution in [2.75, 3.05) is 6.54 Å². The highest BCUT2D eigenvalue weighted by atomic mass is 32.1. The maximum atomic E-state index is 12.2. The molecule has 1 N–H and O–H groups in total. The molecule has 2 aliphatic heterocycles. The SMILES string of the molecule is CCN1C(=O)C(=Cc2ccc3c(c2O)C=CC(C)(C)O3)OC1=S. The summed E-state index contributed by atoms with van der Waals surface area (Å²) in [5.41, 5.74) is 0.637. The Morgan fingerprint density at radius 1 is 1.39 bits per heavy atom. The number of phenolic OH excluding ortho intramolecular Hbond substituents is 1. The lowest BCUT2D eigenvalue weighted by atomic mass is 9.99. The summed E-state index contributed by atoms with van der Waals surface area (Å²) in [5, 5.41) is 10.6. The van der Waals surface area contributed by atoms with Gasteiger partial charge in [0.1, 0.15) is 17.1 Å². The van der Waals surface area contributed by atoms with Gasteiger partial charge in [0.2, 0.25) is 0 Å². The zero-order chi connectivity index (χ0) is 16.8. The van der Waals surface area contributed by atoms with Gasteiger partial charge in [-0.05, 0) is 63.3 Å². The number of nitrogens with zero attached hydrogens (tertiary/aromatic N) is 1. The summed E-state index contributed by atoms with van der Waals surface area (Å²) in [6, 6.07) is 3.45. The molecule has 1 aromatic carbocycles. The second-order valence-corrected chi connectivity index (χ2v) is 6.23. The van der Waals surface area contributed by atoms with E-state index in [0.717, 1.165) is 0 Å². The number of fused-ring (bicyclic) bond motifs is 1.